The minimum atomic E-state index is -0.493. The fourth-order valence-corrected chi connectivity index (χ4v) is 3.72. The van der Waals surface area contributed by atoms with Crippen molar-refractivity contribution < 1.29 is 9.59 Å². The van der Waals surface area contributed by atoms with Crippen LogP contribution in [0.25, 0.3) is 17.4 Å². The van der Waals surface area contributed by atoms with Gasteiger partial charge >= 0.3 is 0 Å². The molecular formula is C23H20ClN5O2. The summed E-state index contributed by atoms with van der Waals surface area (Å²) in [5.74, 6) is -0.892. The van der Waals surface area contributed by atoms with Gasteiger partial charge in [-0.3, -0.25) is 24.8 Å². The molecule has 31 heavy (non-hydrogen) atoms. The first-order valence-electron chi connectivity index (χ1n) is 9.61. The molecule has 2 amide bonds. The topological polar surface area (TPSA) is 80.4 Å². The Labute approximate surface area is 183 Å². The van der Waals surface area contributed by atoms with Gasteiger partial charge in [-0.1, -0.05) is 35.9 Å². The second-order valence-corrected chi connectivity index (χ2v) is 7.31. The largest absolute Gasteiger partial charge is 0.318 e. The van der Waals surface area contributed by atoms with Gasteiger partial charge in [-0.25, -0.2) is 4.98 Å². The molecule has 0 spiro atoms. The number of carbonyl (C=O) groups excluding carboxylic acids is 2. The van der Waals surface area contributed by atoms with E-state index in [4.69, 9.17) is 11.6 Å². The maximum Gasteiger partial charge on any atom is 0.271 e. The number of aromatic nitrogens is 3. The van der Waals surface area contributed by atoms with Gasteiger partial charge in [-0.2, -0.15) is 0 Å². The highest BCUT2D eigenvalue weighted by molar-refractivity contribution is 6.31. The Bertz CT molecular complexity index is 1300. The number of rotatable bonds is 4. The van der Waals surface area contributed by atoms with Crippen molar-refractivity contribution in [1.29, 1.82) is 0 Å². The van der Waals surface area contributed by atoms with Crippen molar-refractivity contribution in [3.63, 3.8) is 0 Å². The molecule has 4 aromatic rings. The average Bonchev–Trinajstić information content (AvgIpc) is 3.25. The maximum atomic E-state index is 12.6. The van der Waals surface area contributed by atoms with Gasteiger partial charge in [-0.05, 0) is 50.3 Å². The number of para-hydroxylation sites is 1. The first kappa shape index (κ1) is 20.4. The third-order valence-electron chi connectivity index (χ3n) is 4.90. The number of nitrogens with one attached hydrogen (secondary N) is 2. The van der Waals surface area contributed by atoms with E-state index in [0.717, 1.165) is 17.1 Å². The van der Waals surface area contributed by atoms with Crippen LogP contribution in [0.5, 0.6) is 0 Å². The molecule has 3 heterocycles. The summed E-state index contributed by atoms with van der Waals surface area (Å²) in [5.41, 5.74) is 9.25. The highest BCUT2D eigenvalue weighted by atomic mass is 35.5. The third-order valence-corrected chi connectivity index (χ3v) is 5.18. The predicted octanol–water partition coefficient (Wildman–Crippen LogP) is 3.87. The quantitative estimate of drug-likeness (QED) is 0.378. The van der Waals surface area contributed by atoms with Crippen molar-refractivity contribution in [2.24, 2.45) is 0 Å². The molecule has 0 fully saturated rings. The predicted molar refractivity (Wildman–Crippen MR) is 120 cm³/mol. The molecule has 3 aromatic heterocycles. The zero-order chi connectivity index (χ0) is 22.0. The van der Waals surface area contributed by atoms with Crippen LogP contribution in [0.4, 0.5) is 0 Å². The summed E-state index contributed by atoms with van der Waals surface area (Å²) in [5, 5.41) is 0.285. The van der Waals surface area contributed by atoms with Gasteiger partial charge in [0.25, 0.3) is 11.8 Å². The summed E-state index contributed by atoms with van der Waals surface area (Å²) in [6, 6.07) is 17.1. The zero-order valence-corrected chi connectivity index (χ0v) is 17.7. The van der Waals surface area contributed by atoms with Crippen molar-refractivity contribution in [2.45, 2.75) is 13.8 Å². The van der Waals surface area contributed by atoms with E-state index in [1.165, 1.54) is 6.08 Å². The number of fused-ring (bicyclic) bond motifs is 1. The van der Waals surface area contributed by atoms with Gasteiger partial charge in [0, 0.05) is 29.3 Å². The second-order valence-electron chi connectivity index (χ2n) is 6.95. The van der Waals surface area contributed by atoms with Crippen LogP contribution in [0.15, 0.2) is 66.9 Å². The normalized spacial score (nSPS) is 11.2. The molecule has 0 radical (unpaired) electrons. The van der Waals surface area contributed by atoms with Crippen molar-refractivity contribution in [1.82, 2.24) is 24.8 Å². The Morgan fingerprint density at radius 2 is 1.77 bits per heavy atom. The lowest BCUT2D eigenvalue weighted by Crippen LogP contribution is -2.40. The van der Waals surface area contributed by atoms with Crippen LogP contribution < -0.4 is 10.9 Å². The number of nitrogens with zero attached hydrogens (tertiary/aromatic N) is 3. The van der Waals surface area contributed by atoms with E-state index in [9.17, 15) is 9.59 Å². The molecule has 0 bridgehead atoms. The number of hydrazine groups is 1. The Morgan fingerprint density at radius 3 is 2.55 bits per heavy atom. The standard InChI is InChI=1S/C23H20ClN5O2/c1-15-14-18(16(2)29(15)17-8-4-3-5-9-17)23(31)27-26-21(30)12-11-19-22(24)25-20-10-6-7-13-28(19)20/h3-14H,1-2H3,(H,26,30)(H,27,31)/b12-11+. The molecule has 2 N–H and O–H groups in total. The van der Waals surface area contributed by atoms with Gasteiger partial charge in [0.2, 0.25) is 0 Å². The van der Waals surface area contributed by atoms with E-state index < -0.39 is 11.8 Å². The molecule has 8 heteroatoms. The van der Waals surface area contributed by atoms with Crippen LogP contribution in [0.3, 0.4) is 0 Å². The number of amides is 2. The van der Waals surface area contributed by atoms with E-state index in [-0.39, 0.29) is 5.15 Å². The molecule has 0 saturated heterocycles. The monoisotopic (exact) mass is 433 g/mol. The molecule has 4 rings (SSSR count). The Balaban J connectivity index is 1.45. The van der Waals surface area contributed by atoms with Gasteiger partial charge in [0.15, 0.2) is 5.15 Å². The Kier molecular flexibility index (Phi) is 5.60. The summed E-state index contributed by atoms with van der Waals surface area (Å²) >= 11 is 6.16. The van der Waals surface area contributed by atoms with Crippen LogP contribution in [-0.4, -0.2) is 25.8 Å². The Morgan fingerprint density at radius 1 is 1.03 bits per heavy atom. The van der Waals surface area contributed by atoms with Crippen LogP contribution in [-0.2, 0) is 4.79 Å². The minimum Gasteiger partial charge on any atom is -0.318 e. The van der Waals surface area contributed by atoms with E-state index in [0.29, 0.717) is 16.9 Å². The van der Waals surface area contributed by atoms with Crippen LogP contribution in [0.1, 0.15) is 27.4 Å². The van der Waals surface area contributed by atoms with E-state index in [2.05, 4.69) is 15.8 Å². The summed E-state index contributed by atoms with van der Waals surface area (Å²) in [6.07, 6.45) is 4.64. The van der Waals surface area contributed by atoms with Crippen LogP contribution in [0, 0.1) is 13.8 Å². The molecule has 156 valence electrons. The molecule has 7 nitrogen and oxygen atoms in total. The smallest absolute Gasteiger partial charge is 0.271 e. The third kappa shape index (κ3) is 4.08. The van der Waals surface area contributed by atoms with E-state index in [1.54, 1.807) is 22.7 Å². The lowest BCUT2D eigenvalue weighted by atomic mass is 10.2. The van der Waals surface area contributed by atoms with Gasteiger partial charge in [-0.15, -0.1) is 0 Å². The Hall–Kier alpha value is -3.84. The van der Waals surface area contributed by atoms with Crippen molar-refractivity contribution in [3.05, 3.63) is 94.7 Å². The number of benzene rings is 1. The molecule has 0 aliphatic rings. The second kappa shape index (κ2) is 8.49. The lowest BCUT2D eigenvalue weighted by molar-refractivity contribution is -0.117. The summed E-state index contributed by atoms with van der Waals surface area (Å²) in [6.45, 7) is 3.79. The molecule has 0 unspecified atom stereocenters. The molecule has 1 aromatic carbocycles. The lowest BCUT2D eigenvalue weighted by Gasteiger charge is -2.10. The number of hydrogen-bond donors (Lipinski definition) is 2. The number of imidazole rings is 1. The van der Waals surface area contributed by atoms with Gasteiger partial charge in [0.05, 0.1) is 11.3 Å². The van der Waals surface area contributed by atoms with Gasteiger partial charge in [0.1, 0.15) is 5.65 Å². The SMILES string of the molecule is Cc1cc(C(=O)NNC(=O)/C=C/c2c(Cl)nc3ccccn23)c(C)n1-c1ccccc1. The number of hydrogen-bond acceptors (Lipinski definition) is 3. The maximum absolute atomic E-state index is 12.6. The highest BCUT2D eigenvalue weighted by Crippen LogP contribution is 2.21. The summed E-state index contributed by atoms with van der Waals surface area (Å²) in [4.78, 5) is 29.1. The summed E-state index contributed by atoms with van der Waals surface area (Å²) < 4.78 is 3.76. The van der Waals surface area contributed by atoms with E-state index in [1.807, 2.05) is 66.9 Å². The molecule has 0 atom stereocenters. The first-order chi connectivity index (χ1) is 15.0. The molecule has 0 aliphatic heterocycles. The molecular weight excluding hydrogens is 414 g/mol. The number of pyridine rings is 1. The van der Waals surface area contributed by atoms with Crippen molar-refractivity contribution >= 4 is 35.1 Å². The number of aryl methyl sites for hydroxylation is 1. The zero-order valence-electron chi connectivity index (χ0n) is 17.0. The van der Waals surface area contributed by atoms with Crippen molar-refractivity contribution in [2.75, 3.05) is 0 Å². The molecule has 0 aliphatic carbocycles. The fourth-order valence-electron chi connectivity index (χ4n) is 3.48. The van der Waals surface area contributed by atoms with Crippen LogP contribution >= 0.6 is 11.6 Å². The summed E-state index contributed by atoms with van der Waals surface area (Å²) in [7, 11) is 0. The first-order valence-corrected chi connectivity index (χ1v) is 9.99. The minimum absolute atomic E-state index is 0.285. The van der Waals surface area contributed by atoms with Crippen LogP contribution in [0.2, 0.25) is 5.15 Å². The highest BCUT2D eigenvalue weighted by Gasteiger charge is 2.17. The van der Waals surface area contributed by atoms with Crippen molar-refractivity contribution in [3.8, 4) is 5.69 Å². The average molecular weight is 434 g/mol. The van der Waals surface area contributed by atoms with Gasteiger partial charge < -0.3 is 4.57 Å². The van der Waals surface area contributed by atoms with E-state index >= 15 is 0 Å². The fraction of sp³-hybridized carbons (Fsp3) is 0.0870. The number of carbonyl (C=O) groups is 2. The molecule has 0 saturated carbocycles. The number of halogens is 1.